The van der Waals surface area contributed by atoms with Crippen molar-refractivity contribution < 1.29 is 19.1 Å². The fourth-order valence-electron chi connectivity index (χ4n) is 7.89. The molecule has 0 bridgehead atoms. The summed E-state index contributed by atoms with van der Waals surface area (Å²) in [6, 6.07) is 14.6. The third kappa shape index (κ3) is 5.93. The summed E-state index contributed by atoms with van der Waals surface area (Å²) in [5.41, 5.74) is 5.79. The first-order chi connectivity index (χ1) is 20.5. The van der Waals surface area contributed by atoms with E-state index in [1.165, 1.54) is 30.7 Å². The van der Waals surface area contributed by atoms with Crippen LogP contribution in [-0.2, 0) is 16.2 Å². The zero-order valence-electron chi connectivity index (χ0n) is 26.2. The summed E-state index contributed by atoms with van der Waals surface area (Å²) in [6.45, 7) is 9.29. The summed E-state index contributed by atoms with van der Waals surface area (Å²) >= 11 is 2.31. The van der Waals surface area contributed by atoms with Crippen molar-refractivity contribution in [1.82, 2.24) is 4.90 Å². The normalized spacial score (nSPS) is 22.4. The molecule has 0 unspecified atom stereocenters. The highest BCUT2D eigenvalue weighted by atomic mass is 127. The number of allylic oxidation sites excluding steroid dienone is 4. The molecule has 228 valence electrons. The van der Waals surface area contributed by atoms with Crippen LogP contribution in [0.15, 0.2) is 65.0 Å². The number of halogens is 1. The van der Waals surface area contributed by atoms with E-state index in [1.54, 1.807) is 7.11 Å². The lowest BCUT2D eigenvalue weighted by Crippen LogP contribution is -2.48. The molecule has 0 spiro atoms. The highest BCUT2D eigenvalue weighted by Gasteiger charge is 2.50. The van der Waals surface area contributed by atoms with Gasteiger partial charge in [-0.1, -0.05) is 77.3 Å². The Labute approximate surface area is 270 Å². The number of ketones is 2. The second kappa shape index (κ2) is 11.7. The first-order valence-corrected chi connectivity index (χ1v) is 16.9. The topological polar surface area (TPSA) is 55.8 Å². The van der Waals surface area contributed by atoms with Crippen molar-refractivity contribution >= 4 is 34.2 Å². The zero-order chi connectivity index (χ0) is 30.5. The molecule has 0 N–H and O–H groups in total. The van der Waals surface area contributed by atoms with Crippen LogP contribution >= 0.6 is 22.6 Å². The number of carbonyl (C=O) groups excluding carboxylic acids is 2. The molecule has 1 saturated carbocycles. The lowest BCUT2D eigenvalue weighted by atomic mass is 9.63. The van der Waals surface area contributed by atoms with Gasteiger partial charge in [-0.25, -0.2) is 0 Å². The number of methoxy groups -OCH3 is 1. The quantitative estimate of drug-likeness (QED) is 0.283. The average Bonchev–Trinajstić information content (AvgIpc) is 2.95. The molecule has 1 fully saturated rings. The van der Waals surface area contributed by atoms with Gasteiger partial charge < -0.3 is 14.4 Å². The van der Waals surface area contributed by atoms with Crippen molar-refractivity contribution in [3.8, 4) is 11.5 Å². The minimum atomic E-state index is -0.386. The van der Waals surface area contributed by atoms with Gasteiger partial charge in [0, 0.05) is 47.3 Å². The Morgan fingerprint density at radius 3 is 1.98 bits per heavy atom. The minimum Gasteiger partial charge on any atom is -0.493 e. The minimum absolute atomic E-state index is 0.124. The Morgan fingerprint density at radius 2 is 1.42 bits per heavy atom. The zero-order valence-corrected chi connectivity index (χ0v) is 28.4. The van der Waals surface area contributed by atoms with Crippen LogP contribution in [0.25, 0.3) is 0 Å². The monoisotopic (exact) mass is 693 g/mol. The number of hydrogen-bond donors (Lipinski definition) is 0. The Bertz CT molecular complexity index is 1440. The molecule has 6 rings (SSSR count). The number of ether oxygens (including phenoxy) is 2. The van der Waals surface area contributed by atoms with Crippen molar-refractivity contribution in [2.75, 3.05) is 7.11 Å². The smallest absolute Gasteiger partial charge is 0.174 e. The third-order valence-electron chi connectivity index (χ3n) is 9.70. The molecule has 0 aromatic heterocycles. The largest absolute Gasteiger partial charge is 0.493 e. The molecule has 5 nitrogen and oxygen atoms in total. The van der Waals surface area contributed by atoms with Gasteiger partial charge in [-0.05, 0) is 82.4 Å². The van der Waals surface area contributed by atoms with E-state index in [2.05, 4.69) is 61.3 Å². The van der Waals surface area contributed by atoms with Crippen molar-refractivity contribution in [2.24, 2.45) is 10.8 Å². The van der Waals surface area contributed by atoms with Crippen LogP contribution in [0.1, 0.15) is 103 Å². The lowest BCUT2D eigenvalue weighted by molar-refractivity contribution is -0.119. The molecule has 0 radical (unpaired) electrons. The Morgan fingerprint density at radius 1 is 0.837 bits per heavy atom. The molecule has 2 aromatic rings. The van der Waals surface area contributed by atoms with Crippen LogP contribution in [0, 0.1) is 14.4 Å². The highest BCUT2D eigenvalue weighted by molar-refractivity contribution is 14.1. The highest BCUT2D eigenvalue weighted by Crippen LogP contribution is 2.56. The molecule has 43 heavy (non-hydrogen) atoms. The maximum Gasteiger partial charge on any atom is 0.174 e. The van der Waals surface area contributed by atoms with E-state index in [-0.39, 0.29) is 28.3 Å². The number of rotatable bonds is 6. The fraction of sp³-hybridized carbons (Fsp3) is 0.514. The lowest BCUT2D eigenvalue weighted by Gasteiger charge is -2.52. The maximum absolute atomic E-state index is 14.3. The van der Waals surface area contributed by atoms with Crippen LogP contribution in [-0.4, -0.2) is 29.6 Å². The van der Waals surface area contributed by atoms with Gasteiger partial charge >= 0.3 is 0 Å². The van der Waals surface area contributed by atoms with Gasteiger partial charge in [0.2, 0.25) is 0 Å². The predicted octanol–water partition coefficient (Wildman–Crippen LogP) is 8.90. The Balaban J connectivity index is 1.51. The number of nitrogens with zero attached hydrogens (tertiary/aromatic N) is 1. The van der Waals surface area contributed by atoms with Crippen molar-refractivity contribution in [3.05, 3.63) is 79.7 Å². The predicted molar refractivity (Wildman–Crippen MR) is 178 cm³/mol. The SMILES string of the molecule is COc1cc(C2C3=C(CC(C)(C)CC3=O)N(C3CCCCC3)C3=C2C(=O)CC(C)(C)C3)cc(I)c1OCc1ccccc1. The standard InChI is InChI=1S/C37H44INO4/c1-36(2)18-27-33(29(40)20-36)32(24-16-26(38)35(31(17-24)42-5)43-22-23-12-8-6-9-13-23)34-28(19-37(3,4)21-30(34)41)39(27)25-14-10-7-11-15-25/h6,8-9,12-13,16-17,25,32H,7,10-11,14-15,18-22H2,1-5H3. The van der Waals surface area contributed by atoms with Gasteiger partial charge in [-0.2, -0.15) is 0 Å². The molecule has 6 heteroatoms. The second-order valence-electron chi connectivity index (χ2n) is 14.5. The third-order valence-corrected chi connectivity index (χ3v) is 10.5. The second-order valence-corrected chi connectivity index (χ2v) is 15.7. The van der Waals surface area contributed by atoms with E-state index < -0.39 is 0 Å². The molecule has 0 saturated heterocycles. The van der Waals surface area contributed by atoms with E-state index in [0.717, 1.165) is 51.5 Å². The molecule has 3 aliphatic carbocycles. The number of Topliss-reactive ketones (excluding diaryl/α,β-unsaturated/α-hetero) is 2. The van der Waals surface area contributed by atoms with Crippen LogP contribution < -0.4 is 9.47 Å². The van der Waals surface area contributed by atoms with E-state index in [1.807, 2.05) is 36.4 Å². The van der Waals surface area contributed by atoms with Gasteiger partial charge in [0.1, 0.15) is 6.61 Å². The van der Waals surface area contributed by atoms with Gasteiger partial charge in [0.15, 0.2) is 23.1 Å². The molecule has 1 aliphatic heterocycles. The average molecular weight is 694 g/mol. The van der Waals surface area contributed by atoms with E-state index in [4.69, 9.17) is 9.47 Å². The Kier molecular flexibility index (Phi) is 8.29. The van der Waals surface area contributed by atoms with Crippen molar-refractivity contribution in [1.29, 1.82) is 0 Å². The molecule has 0 atom stereocenters. The number of hydrogen-bond acceptors (Lipinski definition) is 5. The number of carbonyl (C=O) groups is 2. The first kappa shape index (κ1) is 30.4. The summed E-state index contributed by atoms with van der Waals surface area (Å²) in [5, 5.41) is 0. The van der Waals surface area contributed by atoms with Gasteiger partial charge in [-0.3, -0.25) is 9.59 Å². The van der Waals surface area contributed by atoms with E-state index in [9.17, 15) is 9.59 Å². The summed E-state index contributed by atoms with van der Waals surface area (Å²) in [6.07, 6.45) is 8.57. The van der Waals surface area contributed by atoms with Crippen molar-refractivity contribution in [2.45, 2.75) is 104 Å². The summed E-state index contributed by atoms with van der Waals surface area (Å²) in [5.74, 6) is 1.29. The summed E-state index contributed by atoms with van der Waals surface area (Å²) in [4.78, 5) is 31.0. The molecular weight excluding hydrogens is 649 g/mol. The molecule has 1 heterocycles. The molecule has 2 aromatic carbocycles. The maximum atomic E-state index is 14.3. The van der Waals surface area contributed by atoms with Gasteiger partial charge in [0.05, 0.1) is 10.7 Å². The molecular formula is C37H44INO4. The van der Waals surface area contributed by atoms with Gasteiger partial charge in [0.25, 0.3) is 0 Å². The van der Waals surface area contributed by atoms with Crippen LogP contribution in [0.4, 0.5) is 0 Å². The van der Waals surface area contributed by atoms with Crippen LogP contribution in [0.2, 0.25) is 0 Å². The van der Waals surface area contributed by atoms with E-state index >= 15 is 0 Å². The van der Waals surface area contributed by atoms with Crippen LogP contribution in [0.3, 0.4) is 0 Å². The van der Waals surface area contributed by atoms with Crippen molar-refractivity contribution in [3.63, 3.8) is 0 Å². The van der Waals surface area contributed by atoms with Crippen LogP contribution in [0.5, 0.6) is 11.5 Å². The fourth-order valence-corrected chi connectivity index (χ4v) is 8.67. The Hall–Kier alpha value is -2.61. The summed E-state index contributed by atoms with van der Waals surface area (Å²) in [7, 11) is 1.66. The number of benzene rings is 2. The molecule has 0 amide bonds. The molecule has 4 aliphatic rings. The van der Waals surface area contributed by atoms with Gasteiger partial charge in [-0.15, -0.1) is 0 Å². The first-order valence-electron chi connectivity index (χ1n) is 15.8. The summed E-state index contributed by atoms with van der Waals surface area (Å²) < 4.78 is 13.1. The van der Waals surface area contributed by atoms with E-state index in [0.29, 0.717) is 37.0 Å².